The summed E-state index contributed by atoms with van der Waals surface area (Å²) in [5.41, 5.74) is 0. The standard InChI is InChI=1S/C15H21NO3S2/c1-11(15(18)19-2)9-20-10-14(17)16-7-3-5-12(16)13-6-4-8-21-13/h4,6,8,11-12H,3,5,7,9-10H2,1-2H3. The smallest absolute Gasteiger partial charge is 0.309 e. The quantitative estimate of drug-likeness (QED) is 0.754. The van der Waals surface area contributed by atoms with Gasteiger partial charge in [0.2, 0.25) is 5.91 Å². The number of nitrogens with zero attached hydrogens (tertiary/aromatic N) is 1. The van der Waals surface area contributed by atoms with Crippen molar-refractivity contribution in [2.45, 2.75) is 25.8 Å². The van der Waals surface area contributed by atoms with Crippen molar-refractivity contribution in [2.24, 2.45) is 5.92 Å². The normalized spacial score (nSPS) is 19.5. The number of carbonyl (C=O) groups excluding carboxylic acids is 2. The zero-order valence-electron chi connectivity index (χ0n) is 12.4. The highest BCUT2D eigenvalue weighted by Crippen LogP contribution is 2.34. The fourth-order valence-corrected chi connectivity index (χ4v) is 4.34. The van der Waals surface area contributed by atoms with Gasteiger partial charge in [-0.25, -0.2) is 0 Å². The maximum Gasteiger partial charge on any atom is 0.309 e. The van der Waals surface area contributed by atoms with Crippen LogP contribution >= 0.6 is 23.1 Å². The van der Waals surface area contributed by atoms with E-state index < -0.39 is 0 Å². The molecule has 2 rings (SSSR count). The van der Waals surface area contributed by atoms with E-state index in [1.807, 2.05) is 17.9 Å². The lowest BCUT2D eigenvalue weighted by molar-refractivity contribution is -0.144. The predicted molar refractivity (Wildman–Crippen MR) is 86.5 cm³/mol. The third kappa shape index (κ3) is 4.23. The van der Waals surface area contributed by atoms with E-state index in [1.165, 1.54) is 23.7 Å². The summed E-state index contributed by atoms with van der Waals surface area (Å²) in [7, 11) is 1.39. The molecule has 0 radical (unpaired) electrons. The Morgan fingerprint density at radius 2 is 2.38 bits per heavy atom. The lowest BCUT2D eigenvalue weighted by Crippen LogP contribution is -2.32. The van der Waals surface area contributed by atoms with Crippen LogP contribution in [-0.2, 0) is 14.3 Å². The van der Waals surface area contributed by atoms with Gasteiger partial charge in [0.15, 0.2) is 0 Å². The van der Waals surface area contributed by atoms with Gasteiger partial charge in [0, 0.05) is 17.2 Å². The van der Waals surface area contributed by atoms with Crippen LogP contribution in [0.3, 0.4) is 0 Å². The highest BCUT2D eigenvalue weighted by atomic mass is 32.2. The first-order chi connectivity index (χ1) is 10.1. The van der Waals surface area contributed by atoms with Crippen molar-refractivity contribution < 1.29 is 14.3 Å². The molecule has 1 aromatic rings. The first-order valence-electron chi connectivity index (χ1n) is 7.12. The van der Waals surface area contributed by atoms with E-state index >= 15 is 0 Å². The maximum absolute atomic E-state index is 12.4. The summed E-state index contributed by atoms with van der Waals surface area (Å²) in [6.07, 6.45) is 2.12. The Balaban J connectivity index is 1.81. The van der Waals surface area contributed by atoms with Gasteiger partial charge in [-0.3, -0.25) is 9.59 Å². The van der Waals surface area contributed by atoms with Gasteiger partial charge < -0.3 is 9.64 Å². The lowest BCUT2D eigenvalue weighted by Gasteiger charge is -2.24. The van der Waals surface area contributed by atoms with Crippen molar-refractivity contribution in [3.05, 3.63) is 22.4 Å². The zero-order valence-corrected chi connectivity index (χ0v) is 14.0. The second-order valence-electron chi connectivity index (χ2n) is 5.20. The maximum atomic E-state index is 12.4. The van der Waals surface area contributed by atoms with Crippen LogP contribution in [-0.4, -0.2) is 41.9 Å². The van der Waals surface area contributed by atoms with Crippen LogP contribution in [0.5, 0.6) is 0 Å². The molecule has 1 aromatic heterocycles. The molecule has 1 fully saturated rings. The van der Waals surface area contributed by atoms with E-state index in [2.05, 4.69) is 16.2 Å². The second kappa shape index (κ2) is 7.84. The Morgan fingerprint density at radius 1 is 1.57 bits per heavy atom. The van der Waals surface area contributed by atoms with Crippen LogP contribution in [0.15, 0.2) is 17.5 Å². The van der Waals surface area contributed by atoms with E-state index in [-0.39, 0.29) is 23.8 Å². The third-order valence-electron chi connectivity index (χ3n) is 3.64. The van der Waals surface area contributed by atoms with Gasteiger partial charge in [0.05, 0.1) is 24.8 Å². The number of carbonyl (C=O) groups is 2. The molecule has 0 N–H and O–H groups in total. The van der Waals surface area contributed by atoms with Crippen LogP contribution in [0, 0.1) is 5.92 Å². The number of rotatable bonds is 6. The fraction of sp³-hybridized carbons (Fsp3) is 0.600. The number of thiophene rings is 1. The number of amides is 1. The molecule has 116 valence electrons. The zero-order chi connectivity index (χ0) is 15.2. The summed E-state index contributed by atoms with van der Waals surface area (Å²) in [4.78, 5) is 26.9. The average Bonchev–Trinajstić information content (AvgIpc) is 3.15. The van der Waals surface area contributed by atoms with Crippen molar-refractivity contribution in [3.8, 4) is 0 Å². The first-order valence-corrected chi connectivity index (χ1v) is 9.15. The molecule has 0 aromatic carbocycles. The van der Waals surface area contributed by atoms with Crippen molar-refractivity contribution in [2.75, 3.05) is 25.2 Å². The van der Waals surface area contributed by atoms with E-state index in [0.717, 1.165) is 19.4 Å². The summed E-state index contributed by atoms with van der Waals surface area (Å²) in [5.74, 6) is 0.846. The molecule has 0 saturated carbocycles. The number of esters is 1. The number of hydrogen-bond donors (Lipinski definition) is 0. The van der Waals surface area contributed by atoms with Gasteiger partial charge in [-0.05, 0) is 24.3 Å². The molecule has 1 aliphatic heterocycles. The van der Waals surface area contributed by atoms with Gasteiger partial charge in [0.25, 0.3) is 0 Å². The summed E-state index contributed by atoms with van der Waals surface area (Å²) in [6.45, 7) is 2.67. The average molecular weight is 327 g/mol. The van der Waals surface area contributed by atoms with Crippen molar-refractivity contribution >= 4 is 35.0 Å². The Morgan fingerprint density at radius 3 is 3.05 bits per heavy atom. The molecule has 21 heavy (non-hydrogen) atoms. The largest absolute Gasteiger partial charge is 0.469 e. The minimum Gasteiger partial charge on any atom is -0.469 e. The molecule has 2 heterocycles. The van der Waals surface area contributed by atoms with Crippen molar-refractivity contribution in [1.82, 2.24) is 4.90 Å². The number of methoxy groups -OCH3 is 1. The molecule has 1 amide bonds. The van der Waals surface area contributed by atoms with Gasteiger partial charge in [-0.1, -0.05) is 13.0 Å². The van der Waals surface area contributed by atoms with Crippen LogP contribution in [0.4, 0.5) is 0 Å². The van der Waals surface area contributed by atoms with Gasteiger partial charge >= 0.3 is 5.97 Å². The van der Waals surface area contributed by atoms with E-state index in [9.17, 15) is 9.59 Å². The van der Waals surface area contributed by atoms with E-state index in [1.54, 1.807) is 11.3 Å². The molecule has 0 bridgehead atoms. The van der Waals surface area contributed by atoms with Crippen molar-refractivity contribution in [1.29, 1.82) is 0 Å². The molecule has 4 nitrogen and oxygen atoms in total. The van der Waals surface area contributed by atoms with Crippen LogP contribution in [0.25, 0.3) is 0 Å². The predicted octanol–water partition coefficient (Wildman–Crippen LogP) is 2.95. The number of thioether (sulfide) groups is 1. The highest BCUT2D eigenvalue weighted by molar-refractivity contribution is 7.99. The van der Waals surface area contributed by atoms with Gasteiger partial charge in [-0.2, -0.15) is 11.8 Å². The molecule has 1 aliphatic rings. The number of ether oxygens (including phenoxy) is 1. The SMILES string of the molecule is COC(=O)C(C)CSCC(=O)N1CCCC1c1cccs1. The molecule has 0 spiro atoms. The Bertz CT molecular complexity index is 475. The highest BCUT2D eigenvalue weighted by Gasteiger charge is 2.30. The van der Waals surface area contributed by atoms with Gasteiger partial charge in [-0.15, -0.1) is 11.3 Å². The van der Waals surface area contributed by atoms with Crippen molar-refractivity contribution in [3.63, 3.8) is 0 Å². The molecule has 2 unspecified atom stereocenters. The molecular weight excluding hydrogens is 306 g/mol. The molecular formula is C15H21NO3S2. The fourth-order valence-electron chi connectivity index (χ4n) is 2.52. The van der Waals surface area contributed by atoms with Crippen LogP contribution in [0.2, 0.25) is 0 Å². The third-order valence-corrected chi connectivity index (χ3v) is 5.80. The Labute approximate surface area is 133 Å². The topological polar surface area (TPSA) is 46.6 Å². The van der Waals surface area contributed by atoms with Crippen LogP contribution in [0.1, 0.15) is 30.7 Å². The monoisotopic (exact) mass is 327 g/mol. The Hall–Kier alpha value is -1.01. The summed E-state index contributed by atoms with van der Waals surface area (Å²) >= 11 is 3.23. The van der Waals surface area contributed by atoms with Gasteiger partial charge in [0.1, 0.15) is 0 Å². The lowest BCUT2D eigenvalue weighted by atomic mass is 10.2. The number of hydrogen-bond acceptors (Lipinski definition) is 5. The number of likely N-dealkylation sites (tertiary alicyclic amines) is 1. The molecule has 1 saturated heterocycles. The molecule has 6 heteroatoms. The molecule has 0 aliphatic carbocycles. The minimum atomic E-state index is -0.215. The van der Waals surface area contributed by atoms with Crippen LogP contribution < -0.4 is 0 Å². The molecule has 2 atom stereocenters. The minimum absolute atomic E-state index is 0.167. The first kappa shape index (κ1) is 16.4. The second-order valence-corrected chi connectivity index (χ2v) is 7.21. The summed E-state index contributed by atoms with van der Waals surface area (Å²) in [6, 6.07) is 4.39. The summed E-state index contributed by atoms with van der Waals surface area (Å²) < 4.78 is 4.69. The summed E-state index contributed by atoms with van der Waals surface area (Å²) in [5, 5.41) is 2.06. The van der Waals surface area contributed by atoms with E-state index in [0.29, 0.717) is 11.5 Å². The van der Waals surface area contributed by atoms with E-state index in [4.69, 9.17) is 0 Å². The Kier molecular flexibility index (Phi) is 6.11.